The van der Waals surface area contributed by atoms with E-state index in [1.54, 1.807) is 38.4 Å². The van der Waals surface area contributed by atoms with E-state index in [4.69, 9.17) is 15.2 Å². The molecule has 3 aliphatic carbocycles. The molecule has 0 saturated heterocycles. The fourth-order valence-electron chi connectivity index (χ4n) is 6.52. The number of fused-ring (bicyclic) bond motifs is 3. The Balaban J connectivity index is 1.74. The second-order valence-corrected chi connectivity index (χ2v) is 10.5. The Morgan fingerprint density at radius 1 is 1.05 bits per heavy atom. The lowest BCUT2D eigenvalue weighted by Gasteiger charge is -2.50. The summed E-state index contributed by atoms with van der Waals surface area (Å²) in [5.74, 6) is -5.89. The van der Waals surface area contributed by atoms with Gasteiger partial charge in [-0.15, -0.1) is 0 Å². The highest BCUT2D eigenvalue weighted by atomic mass is 16.5. The molecule has 11 heteroatoms. The van der Waals surface area contributed by atoms with Crippen LogP contribution in [-0.4, -0.2) is 82.8 Å². The number of carbonyl (C=O) groups is 3. The van der Waals surface area contributed by atoms with Gasteiger partial charge in [0.25, 0.3) is 5.91 Å². The van der Waals surface area contributed by atoms with Gasteiger partial charge in [-0.1, -0.05) is 6.07 Å². The summed E-state index contributed by atoms with van der Waals surface area (Å²) in [5, 5.41) is 44.9. The number of nitrogens with zero attached hydrogens (tertiary/aromatic N) is 1. The number of likely N-dealkylation sites (N-methyl/N-ethyl adjacent to an activating group) is 1. The van der Waals surface area contributed by atoms with Crippen molar-refractivity contribution in [3.63, 3.8) is 0 Å². The van der Waals surface area contributed by atoms with Crippen LogP contribution in [0.3, 0.4) is 0 Å². The first-order chi connectivity index (χ1) is 18.9. The Hall–Kier alpha value is -4.35. The van der Waals surface area contributed by atoms with Gasteiger partial charge in [-0.3, -0.25) is 19.3 Å². The molecule has 0 spiro atoms. The number of nitrogens with two attached hydrogens (primary N) is 1. The molecule has 0 aliphatic heterocycles. The third-order valence-electron chi connectivity index (χ3n) is 8.30. The van der Waals surface area contributed by atoms with E-state index in [2.05, 4.69) is 0 Å². The number of hydrogen-bond acceptors (Lipinski definition) is 10. The van der Waals surface area contributed by atoms with Crippen LogP contribution in [-0.2, 0) is 20.8 Å². The molecule has 0 unspecified atom stereocenters. The van der Waals surface area contributed by atoms with E-state index >= 15 is 0 Å². The van der Waals surface area contributed by atoms with Crippen LogP contribution in [0.15, 0.2) is 47.2 Å². The topological polar surface area (TPSA) is 180 Å². The number of carbonyl (C=O) groups excluding carboxylic acids is 3. The van der Waals surface area contributed by atoms with E-state index in [0.29, 0.717) is 28.2 Å². The zero-order valence-electron chi connectivity index (χ0n) is 22.4. The van der Waals surface area contributed by atoms with Crippen LogP contribution in [0.2, 0.25) is 0 Å². The van der Waals surface area contributed by atoms with Gasteiger partial charge in [-0.25, -0.2) is 0 Å². The molecular weight excluding hydrogens is 520 g/mol. The van der Waals surface area contributed by atoms with E-state index < -0.39 is 58.0 Å². The van der Waals surface area contributed by atoms with Crippen LogP contribution >= 0.6 is 0 Å². The van der Waals surface area contributed by atoms with Crippen molar-refractivity contribution in [1.82, 2.24) is 4.90 Å². The smallest absolute Gasteiger partial charge is 0.255 e. The molecule has 210 valence electrons. The maximum atomic E-state index is 14.0. The molecule has 0 heterocycles. The molecular formula is C29H30N2O9. The molecule has 11 nitrogen and oxygen atoms in total. The summed E-state index contributed by atoms with van der Waals surface area (Å²) in [5.41, 5.74) is 3.45. The number of benzene rings is 2. The first-order valence-electron chi connectivity index (χ1n) is 12.6. The highest BCUT2D eigenvalue weighted by molar-refractivity contribution is 6.24. The van der Waals surface area contributed by atoms with Crippen LogP contribution in [0.25, 0.3) is 16.9 Å². The molecule has 0 radical (unpaired) electrons. The van der Waals surface area contributed by atoms with Gasteiger partial charge in [-0.05, 0) is 62.2 Å². The van der Waals surface area contributed by atoms with Crippen molar-refractivity contribution < 1.29 is 44.3 Å². The van der Waals surface area contributed by atoms with Crippen LogP contribution in [0, 0.1) is 11.8 Å². The Kier molecular flexibility index (Phi) is 6.39. The van der Waals surface area contributed by atoms with Gasteiger partial charge in [0.2, 0.25) is 5.78 Å². The van der Waals surface area contributed by atoms with Gasteiger partial charge in [0, 0.05) is 23.1 Å². The van der Waals surface area contributed by atoms with Crippen molar-refractivity contribution >= 4 is 23.2 Å². The molecule has 3 aliphatic rings. The lowest BCUT2D eigenvalue weighted by Crippen LogP contribution is -2.65. The molecule has 1 saturated carbocycles. The number of ether oxygens (including phenoxy) is 2. The van der Waals surface area contributed by atoms with Gasteiger partial charge in [0.15, 0.2) is 11.4 Å². The van der Waals surface area contributed by atoms with Crippen molar-refractivity contribution in [3.8, 4) is 28.4 Å². The normalized spacial score (nSPS) is 25.9. The second-order valence-electron chi connectivity index (χ2n) is 10.5. The average molecular weight is 551 g/mol. The van der Waals surface area contributed by atoms with E-state index in [1.165, 1.54) is 25.2 Å². The number of primary amides is 1. The molecule has 2 aromatic rings. The van der Waals surface area contributed by atoms with Crippen LogP contribution in [0.1, 0.15) is 17.5 Å². The molecule has 40 heavy (non-hydrogen) atoms. The number of methoxy groups -OCH3 is 2. The summed E-state index contributed by atoms with van der Waals surface area (Å²) >= 11 is 0. The fraction of sp³-hybridized carbons (Fsp3) is 0.345. The van der Waals surface area contributed by atoms with Gasteiger partial charge < -0.3 is 35.6 Å². The van der Waals surface area contributed by atoms with Gasteiger partial charge in [0.1, 0.15) is 34.3 Å². The maximum Gasteiger partial charge on any atom is 0.255 e. The van der Waals surface area contributed by atoms with Crippen molar-refractivity contribution in [2.75, 3.05) is 28.3 Å². The number of amides is 1. The number of phenols is 1. The minimum atomic E-state index is -2.68. The van der Waals surface area contributed by atoms with E-state index in [-0.39, 0.29) is 29.7 Å². The molecule has 1 fully saturated rings. The van der Waals surface area contributed by atoms with E-state index in [0.717, 1.165) is 0 Å². The first kappa shape index (κ1) is 27.2. The zero-order chi connectivity index (χ0) is 29.3. The summed E-state index contributed by atoms with van der Waals surface area (Å²) in [6, 6.07) is 7.13. The lowest BCUT2D eigenvalue weighted by molar-refractivity contribution is -0.153. The van der Waals surface area contributed by atoms with Crippen LogP contribution in [0.5, 0.6) is 17.2 Å². The van der Waals surface area contributed by atoms with Crippen molar-refractivity contribution in [3.05, 3.63) is 58.4 Å². The summed E-state index contributed by atoms with van der Waals surface area (Å²) in [7, 11) is 6.14. The van der Waals surface area contributed by atoms with E-state index in [1.807, 2.05) is 0 Å². The number of hydrogen-bond donors (Lipinski definition) is 5. The first-order valence-corrected chi connectivity index (χ1v) is 12.6. The monoisotopic (exact) mass is 550 g/mol. The van der Waals surface area contributed by atoms with Gasteiger partial charge >= 0.3 is 0 Å². The minimum Gasteiger partial charge on any atom is -0.508 e. The molecule has 0 aromatic heterocycles. The molecule has 2 aromatic carbocycles. The Bertz CT molecular complexity index is 1540. The molecule has 6 N–H and O–H groups in total. The molecule has 1 amide bonds. The molecule has 0 bridgehead atoms. The third-order valence-corrected chi connectivity index (χ3v) is 8.30. The maximum absolute atomic E-state index is 14.0. The third kappa shape index (κ3) is 3.61. The number of aromatic hydroxyl groups is 1. The predicted molar refractivity (Wildman–Crippen MR) is 143 cm³/mol. The van der Waals surface area contributed by atoms with Gasteiger partial charge in [-0.2, -0.15) is 0 Å². The number of aliphatic hydroxyl groups excluding tert-OH is 2. The lowest BCUT2D eigenvalue weighted by atomic mass is 9.57. The minimum absolute atomic E-state index is 0.000601. The molecule has 5 rings (SSSR count). The number of aliphatic hydroxyl groups is 3. The Morgan fingerprint density at radius 3 is 2.33 bits per heavy atom. The summed E-state index contributed by atoms with van der Waals surface area (Å²) < 4.78 is 10.9. The zero-order valence-corrected chi connectivity index (χ0v) is 22.4. The summed E-state index contributed by atoms with van der Waals surface area (Å²) in [6.45, 7) is 0. The quantitative estimate of drug-likeness (QED) is 0.344. The second kappa shape index (κ2) is 9.39. The van der Waals surface area contributed by atoms with Gasteiger partial charge in [0.05, 0.1) is 25.8 Å². The van der Waals surface area contributed by atoms with E-state index in [9.17, 15) is 34.8 Å². The number of ketones is 2. The highest BCUT2D eigenvalue weighted by Crippen LogP contribution is 2.54. The number of phenolic OH excluding ortho intramolecular Hbond substituents is 1. The summed E-state index contributed by atoms with van der Waals surface area (Å²) in [4.78, 5) is 40.8. The predicted octanol–water partition coefficient (Wildman–Crippen LogP) is 1.65. The largest absolute Gasteiger partial charge is 0.508 e. The van der Waals surface area contributed by atoms with Crippen molar-refractivity contribution in [2.24, 2.45) is 17.6 Å². The average Bonchev–Trinajstić information content (AvgIpc) is 2.90. The highest BCUT2D eigenvalue weighted by Gasteiger charge is 2.64. The SMILES string of the molecule is COc1ccc(-c2ccc(O)c3c2C[C@@H]2C[C@@H]4[C@@H](N(C)C)C(=O)C(C(N)=O)=C(O)[C@]4(O)C(=O)C2=C3O)c(OC)c1. The van der Waals surface area contributed by atoms with Crippen LogP contribution in [0.4, 0.5) is 0 Å². The Labute approximate surface area is 229 Å². The number of rotatable bonds is 5. The number of Topliss-reactive ketones (excluding diaryl/α,β-unsaturated/α-hetero) is 2. The van der Waals surface area contributed by atoms with Crippen molar-refractivity contribution in [2.45, 2.75) is 24.5 Å². The standard InChI is InChI=1S/C29H30N2O9/c1-31(2)23-17-10-12-9-16-14(15-6-5-13(39-3)11-19(15)40-4)7-8-18(32)21(16)24(33)20(12)26(35)29(17,38)27(36)22(25(23)34)28(30)37/h5-8,11-12,17,23,32-33,36,38H,9-10H2,1-4H3,(H2,30,37)/t12-,17-,23-,29-/m1/s1. The summed E-state index contributed by atoms with van der Waals surface area (Å²) in [6.07, 6.45) is 0.161. The Morgan fingerprint density at radius 2 is 1.73 bits per heavy atom. The van der Waals surface area contributed by atoms with Crippen LogP contribution < -0.4 is 15.2 Å². The molecule has 4 atom stereocenters. The van der Waals surface area contributed by atoms with Crippen molar-refractivity contribution in [1.29, 1.82) is 0 Å². The fourth-order valence-corrected chi connectivity index (χ4v) is 6.52.